The van der Waals surface area contributed by atoms with Crippen molar-refractivity contribution in [1.29, 1.82) is 0 Å². The molecule has 1 nitrogen and oxygen atoms in total. The smallest absolute Gasteiger partial charge is 0.0600 e. The van der Waals surface area contributed by atoms with Gasteiger partial charge >= 0.3 is 0 Å². The molecule has 0 spiro atoms. The Bertz CT molecular complexity index is 141. The summed E-state index contributed by atoms with van der Waals surface area (Å²) < 4.78 is 0. The fraction of sp³-hybridized carbons (Fsp3) is 0.800. The number of aliphatic hydroxyl groups excluding tert-OH is 1. The average molecular weight is 154 g/mol. The first-order valence-corrected chi connectivity index (χ1v) is 4.16. The molecule has 0 radical (unpaired) electrons. The van der Waals surface area contributed by atoms with Crippen molar-refractivity contribution in [2.24, 2.45) is 5.41 Å². The molecule has 0 saturated heterocycles. The topological polar surface area (TPSA) is 20.2 Å². The van der Waals surface area contributed by atoms with Crippen LogP contribution in [0.4, 0.5) is 0 Å². The molecule has 0 heterocycles. The fourth-order valence-corrected chi connectivity index (χ4v) is 0.846. The van der Waals surface area contributed by atoms with Crippen molar-refractivity contribution in [3.05, 3.63) is 0 Å². The summed E-state index contributed by atoms with van der Waals surface area (Å²) >= 11 is 0. The molecule has 0 amide bonds. The highest BCUT2D eigenvalue weighted by Crippen LogP contribution is 2.27. The quantitative estimate of drug-likeness (QED) is 0.615. The lowest BCUT2D eigenvalue weighted by Crippen LogP contribution is -2.28. The van der Waals surface area contributed by atoms with Crippen molar-refractivity contribution in [1.82, 2.24) is 0 Å². The van der Waals surface area contributed by atoms with Crippen LogP contribution in [-0.4, -0.2) is 11.2 Å². The summed E-state index contributed by atoms with van der Waals surface area (Å²) in [6, 6.07) is 0. The van der Waals surface area contributed by atoms with Crippen LogP contribution in [0.15, 0.2) is 0 Å². The second-order valence-corrected chi connectivity index (χ2v) is 3.60. The van der Waals surface area contributed by atoms with Crippen molar-refractivity contribution >= 4 is 0 Å². The molecular formula is C10H18O. The SMILES string of the molecule is C#CCCC(O)C(C)(C)CC. The number of hydrogen-bond donors (Lipinski definition) is 1. The lowest BCUT2D eigenvalue weighted by Gasteiger charge is -2.28. The Morgan fingerprint density at radius 3 is 2.45 bits per heavy atom. The number of terminal acetylenes is 1. The standard InChI is InChI=1S/C10H18O/c1-5-7-8-9(11)10(3,4)6-2/h1,9,11H,6-8H2,2-4H3. The fourth-order valence-electron chi connectivity index (χ4n) is 0.846. The molecule has 0 aliphatic rings. The summed E-state index contributed by atoms with van der Waals surface area (Å²) in [6.07, 6.45) is 7.22. The van der Waals surface area contributed by atoms with E-state index >= 15 is 0 Å². The first kappa shape index (κ1) is 10.5. The molecule has 0 fully saturated rings. The van der Waals surface area contributed by atoms with Gasteiger partial charge in [0, 0.05) is 6.42 Å². The zero-order chi connectivity index (χ0) is 8.91. The summed E-state index contributed by atoms with van der Waals surface area (Å²) in [7, 11) is 0. The van der Waals surface area contributed by atoms with Gasteiger partial charge in [-0.05, 0) is 18.3 Å². The first-order chi connectivity index (χ1) is 5.04. The number of hydrogen-bond acceptors (Lipinski definition) is 1. The molecule has 1 N–H and O–H groups in total. The van der Waals surface area contributed by atoms with Crippen molar-refractivity contribution < 1.29 is 5.11 Å². The zero-order valence-corrected chi connectivity index (χ0v) is 7.72. The van der Waals surface area contributed by atoms with Crippen LogP contribution in [0, 0.1) is 17.8 Å². The van der Waals surface area contributed by atoms with Crippen LogP contribution >= 0.6 is 0 Å². The van der Waals surface area contributed by atoms with Gasteiger partial charge in [-0.15, -0.1) is 12.3 Å². The third kappa shape index (κ3) is 3.43. The zero-order valence-electron chi connectivity index (χ0n) is 7.72. The summed E-state index contributed by atoms with van der Waals surface area (Å²) in [5.74, 6) is 2.53. The Balaban J connectivity index is 3.83. The molecule has 11 heavy (non-hydrogen) atoms. The van der Waals surface area contributed by atoms with E-state index in [9.17, 15) is 5.11 Å². The molecule has 1 unspecified atom stereocenters. The molecule has 0 bridgehead atoms. The van der Waals surface area contributed by atoms with E-state index < -0.39 is 0 Å². The van der Waals surface area contributed by atoms with Gasteiger partial charge in [-0.25, -0.2) is 0 Å². The Kier molecular flexibility index (Phi) is 4.22. The molecule has 0 saturated carbocycles. The van der Waals surface area contributed by atoms with E-state index in [1.165, 1.54) is 0 Å². The highest BCUT2D eigenvalue weighted by molar-refractivity contribution is 4.87. The molecule has 64 valence electrons. The van der Waals surface area contributed by atoms with E-state index in [1.54, 1.807) is 0 Å². The van der Waals surface area contributed by atoms with Crippen LogP contribution in [0.1, 0.15) is 40.0 Å². The van der Waals surface area contributed by atoms with Gasteiger partial charge in [-0.1, -0.05) is 20.8 Å². The predicted octanol–water partition coefficient (Wildman–Crippen LogP) is 2.20. The lowest BCUT2D eigenvalue weighted by atomic mass is 9.82. The Morgan fingerprint density at radius 1 is 1.55 bits per heavy atom. The third-order valence-corrected chi connectivity index (χ3v) is 2.38. The largest absolute Gasteiger partial charge is 0.393 e. The van der Waals surface area contributed by atoms with Gasteiger partial charge in [-0.2, -0.15) is 0 Å². The van der Waals surface area contributed by atoms with E-state index in [4.69, 9.17) is 6.42 Å². The molecule has 0 aliphatic heterocycles. The third-order valence-electron chi connectivity index (χ3n) is 2.38. The highest BCUT2D eigenvalue weighted by atomic mass is 16.3. The van der Waals surface area contributed by atoms with Crippen molar-refractivity contribution in [3.63, 3.8) is 0 Å². The van der Waals surface area contributed by atoms with E-state index in [0.717, 1.165) is 12.8 Å². The van der Waals surface area contributed by atoms with E-state index in [-0.39, 0.29) is 11.5 Å². The highest BCUT2D eigenvalue weighted by Gasteiger charge is 2.24. The summed E-state index contributed by atoms with van der Waals surface area (Å²) in [5.41, 5.74) is 0.0108. The van der Waals surface area contributed by atoms with Gasteiger partial charge in [0.25, 0.3) is 0 Å². The van der Waals surface area contributed by atoms with Crippen molar-refractivity contribution in [3.8, 4) is 12.3 Å². The van der Waals surface area contributed by atoms with Crippen LogP contribution in [0.3, 0.4) is 0 Å². The minimum absolute atomic E-state index is 0.0108. The van der Waals surface area contributed by atoms with E-state index in [1.807, 2.05) is 0 Å². The molecule has 0 aromatic carbocycles. The summed E-state index contributed by atoms with van der Waals surface area (Å²) in [6.45, 7) is 6.21. The monoisotopic (exact) mass is 154 g/mol. The maximum absolute atomic E-state index is 9.61. The summed E-state index contributed by atoms with van der Waals surface area (Å²) in [4.78, 5) is 0. The number of rotatable bonds is 4. The lowest BCUT2D eigenvalue weighted by molar-refractivity contribution is 0.0418. The molecule has 0 aliphatic carbocycles. The molecule has 0 aromatic heterocycles. The summed E-state index contributed by atoms with van der Waals surface area (Å²) in [5, 5.41) is 9.61. The van der Waals surface area contributed by atoms with E-state index in [2.05, 4.69) is 26.7 Å². The second-order valence-electron chi connectivity index (χ2n) is 3.60. The van der Waals surface area contributed by atoms with Crippen LogP contribution in [-0.2, 0) is 0 Å². The van der Waals surface area contributed by atoms with E-state index in [0.29, 0.717) is 6.42 Å². The average Bonchev–Trinajstić information content (AvgIpc) is 2.00. The Morgan fingerprint density at radius 2 is 2.09 bits per heavy atom. The van der Waals surface area contributed by atoms with Crippen molar-refractivity contribution in [2.75, 3.05) is 0 Å². The molecule has 0 rings (SSSR count). The normalized spacial score (nSPS) is 14.1. The molecular weight excluding hydrogens is 136 g/mol. The van der Waals surface area contributed by atoms with Gasteiger partial charge in [-0.3, -0.25) is 0 Å². The van der Waals surface area contributed by atoms with Gasteiger partial charge < -0.3 is 5.11 Å². The Labute approximate surface area is 69.8 Å². The van der Waals surface area contributed by atoms with Crippen molar-refractivity contribution in [2.45, 2.75) is 46.1 Å². The van der Waals surface area contributed by atoms with Crippen LogP contribution in [0.25, 0.3) is 0 Å². The molecule has 1 heteroatoms. The van der Waals surface area contributed by atoms with Gasteiger partial charge in [0.2, 0.25) is 0 Å². The minimum Gasteiger partial charge on any atom is -0.393 e. The van der Waals surface area contributed by atoms with Gasteiger partial charge in [0.05, 0.1) is 6.10 Å². The molecule has 0 aromatic rings. The minimum atomic E-state index is -0.261. The first-order valence-electron chi connectivity index (χ1n) is 4.16. The second kappa shape index (κ2) is 4.41. The van der Waals surface area contributed by atoms with Gasteiger partial charge in [0.1, 0.15) is 0 Å². The van der Waals surface area contributed by atoms with Crippen LogP contribution in [0.2, 0.25) is 0 Å². The van der Waals surface area contributed by atoms with Gasteiger partial charge in [0.15, 0.2) is 0 Å². The van der Waals surface area contributed by atoms with Crippen LogP contribution < -0.4 is 0 Å². The Hall–Kier alpha value is -0.480. The maximum Gasteiger partial charge on any atom is 0.0600 e. The predicted molar refractivity (Wildman–Crippen MR) is 48.1 cm³/mol. The maximum atomic E-state index is 9.61. The van der Waals surface area contributed by atoms with Crippen LogP contribution in [0.5, 0.6) is 0 Å². The molecule has 1 atom stereocenters. The number of aliphatic hydroxyl groups is 1.